The predicted octanol–water partition coefficient (Wildman–Crippen LogP) is 1.74. The third kappa shape index (κ3) is 4.45. The number of carbonyl (C=O) groups is 1. The average Bonchev–Trinajstić information content (AvgIpc) is 2.53. The highest BCUT2D eigenvalue weighted by Gasteiger charge is 2.26. The molecule has 0 aromatic carbocycles. The van der Waals surface area contributed by atoms with Gasteiger partial charge in [0.2, 0.25) is 5.91 Å². The van der Waals surface area contributed by atoms with E-state index in [2.05, 4.69) is 17.1 Å². The fourth-order valence-electron chi connectivity index (χ4n) is 3.54. The van der Waals surface area contributed by atoms with Gasteiger partial charge in [-0.3, -0.25) is 9.69 Å². The molecule has 4 nitrogen and oxygen atoms in total. The van der Waals surface area contributed by atoms with Gasteiger partial charge in [0.1, 0.15) is 0 Å². The fourth-order valence-corrected chi connectivity index (χ4v) is 3.54. The molecule has 0 spiro atoms. The highest BCUT2D eigenvalue weighted by atomic mass is 16.1. The quantitative estimate of drug-likeness (QED) is 0.807. The molecule has 2 fully saturated rings. The van der Waals surface area contributed by atoms with Gasteiger partial charge in [0.15, 0.2) is 0 Å². The van der Waals surface area contributed by atoms with E-state index in [1.807, 2.05) is 0 Å². The summed E-state index contributed by atoms with van der Waals surface area (Å²) in [4.78, 5) is 14.7. The van der Waals surface area contributed by atoms with E-state index in [1.54, 1.807) is 0 Å². The second-order valence-electron chi connectivity index (χ2n) is 6.64. The molecule has 1 atom stereocenters. The van der Waals surface area contributed by atoms with Crippen LogP contribution in [0.25, 0.3) is 0 Å². The minimum atomic E-state index is 0.228. The lowest BCUT2D eigenvalue weighted by Crippen LogP contribution is -2.46. The Morgan fingerprint density at radius 2 is 1.85 bits per heavy atom. The highest BCUT2D eigenvalue weighted by Crippen LogP contribution is 2.28. The van der Waals surface area contributed by atoms with Crippen LogP contribution >= 0.6 is 0 Å². The van der Waals surface area contributed by atoms with Gasteiger partial charge in [-0.15, -0.1) is 0 Å². The standard InChI is InChI=1S/C16H31N3O/c1-13(19-9-3-2-4-10-19)12-18-16(20)15-7-5-14(11-17)6-8-15/h13-15H,2-12,17H2,1H3,(H,18,20). The van der Waals surface area contributed by atoms with Crippen molar-refractivity contribution in [3.8, 4) is 0 Å². The normalized spacial score (nSPS) is 29.9. The van der Waals surface area contributed by atoms with Crippen LogP contribution in [0.2, 0.25) is 0 Å². The van der Waals surface area contributed by atoms with Crippen molar-refractivity contribution in [1.82, 2.24) is 10.2 Å². The molecule has 0 bridgehead atoms. The molecule has 1 unspecified atom stereocenters. The first-order valence-corrected chi connectivity index (χ1v) is 8.42. The third-order valence-corrected chi connectivity index (χ3v) is 5.14. The van der Waals surface area contributed by atoms with Crippen molar-refractivity contribution in [3.63, 3.8) is 0 Å². The fraction of sp³-hybridized carbons (Fsp3) is 0.938. The second kappa shape index (κ2) is 7.99. The Morgan fingerprint density at radius 1 is 1.20 bits per heavy atom. The second-order valence-corrected chi connectivity index (χ2v) is 6.64. The summed E-state index contributed by atoms with van der Waals surface area (Å²) in [5, 5.41) is 3.17. The first-order valence-electron chi connectivity index (χ1n) is 8.42. The number of hydrogen-bond donors (Lipinski definition) is 2. The average molecular weight is 281 g/mol. The van der Waals surface area contributed by atoms with Crippen molar-refractivity contribution in [2.75, 3.05) is 26.2 Å². The Kier molecular flexibility index (Phi) is 6.30. The molecule has 2 aliphatic rings. The summed E-state index contributed by atoms with van der Waals surface area (Å²) in [7, 11) is 0. The molecule has 1 saturated heterocycles. The number of hydrogen-bond acceptors (Lipinski definition) is 3. The van der Waals surface area contributed by atoms with Gasteiger partial charge in [0.25, 0.3) is 0 Å². The van der Waals surface area contributed by atoms with Crippen LogP contribution in [-0.4, -0.2) is 43.0 Å². The van der Waals surface area contributed by atoms with E-state index in [1.165, 1.54) is 32.4 Å². The maximum Gasteiger partial charge on any atom is 0.223 e. The maximum absolute atomic E-state index is 12.2. The summed E-state index contributed by atoms with van der Waals surface area (Å²) in [5.41, 5.74) is 5.70. The van der Waals surface area contributed by atoms with Gasteiger partial charge in [0.05, 0.1) is 0 Å². The lowest BCUT2D eigenvalue weighted by Gasteiger charge is -2.33. The summed E-state index contributed by atoms with van der Waals surface area (Å²) in [6, 6.07) is 0.472. The van der Waals surface area contributed by atoms with Crippen LogP contribution in [-0.2, 0) is 4.79 Å². The topological polar surface area (TPSA) is 58.4 Å². The van der Waals surface area contributed by atoms with E-state index < -0.39 is 0 Å². The zero-order valence-corrected chi connectivity index (χ0v) is 12.9. The monoisotopic (exact) mass is 281 g/mol. The summed E-state index contributed by atoms with van der Waals surface area (Å²) in [5.74, 6) is 1.14. The molecular formula is C16H31N3O. The highest BCUT2D eigenvalue weighted by molar-refractivity contribution is 5.78. The van der Waals surface area contributed by atoms with Crippen molar-refractivity contribution < 1.29 is 4.79 Å². The molecule has 1 aliphatic heterocycles. The van der Waals surface area contributed by atoms with Crippen molar-refractivity contribution in [1.29, 1.82) is 0 Å². The van der Waals surface area contributed by atoms with E-state index >= 15 is 0 Å². The minimum Gasteiger partial charge on any atom is -0.354 e. The largest absolute Gasteiger partial charge is 0.354 e. The number of nitrogens with one attached hydrogen (secondary N) is 1. The molecule has 0 radical (unpaired) electrons. The van der Waals surface area contributed by atoms with E-state index in [-0.39, 0.29) is 11.8 Å². The number of nitrogens with two attached hydrogens (primary N) is 1. The Labute approximate surface area is 123 Å². The first kappa shape index (κ1) is 15.8. The number of piperidine rings is 1. The summed E-state index contributed by atoms with van der Waals surface area (Å²) >= 11 is 0. The lowest BCUT2D eigenvalue weighted by atomic mass is 9.81. The van der Waals surface area contributed by atoms with Crippen LogP contribution in [0.1, 0.15) is 51.9 Å². The van der Waals surface area contributed by atoms with Crippen LogP contribution < -0.4 is 11.1 Å². The van der Waals surface area contributed by atoms with Gasteiger partial charge in [-0.2, -0.15) is 0 Å². The minimum absolute atomic E-state index is 0.228. The molecule has 1 saturated carbocycles. The van der Waals surface area contributed by atoms with Crippen LogP contribution in [0.5, 0.6) is 0 Å². The smallest absolute Gasteiger partial charge is 0.223 e. The van der Waals surface area contributed by atoms with Crippen LogP contribution in [0.15, 0.2) is 0 Å². The zero-order chi connectivity index (χ0) is 14.4. The Bertz CT molecular complexity index is 294. The van der Waals surface area contributed by atoms with E-state index in [0.717, 1.165) is 38.8 Å². The number of likely N-dealkylation sites (tertiary alicyclic amines) is 1. The van der Waals surface area contributed by atoms with Crippen molar-refractivity contribution in [2.24, 2.45) is 17.6 Å². The summed E-state index contributed by atoms with van der Waals surface area (Å²) < 4.78 is 0. The molecule has 1 heterocycles. The number of carbonyl (C=O) groups excluding carboxylic acids is 1. The van der Waals surface area contributed by atoms with Crippen LogP contribution in [0.3, 0.4) is 0 Å². The Morgan fingerprint density at radius 3 is 2.45 bits per heavy atom. The molecular weight excluding hydrogens is 250 g/mol. The molecule has 3 N–H and O–H groups in total. The van der Waals surface area contributed by atoms with E-state index in [9.17, 15) is 4.79 Å². The molecule has 1 amide bonds. The molecule has 0 aromatic heterocycles. The Balaban J connectivity index is 1.66. The van der Waals surface area contributed by atoms with Crippen LogP contribution in [0, 0.1) is 11.8 Å². The molecule has 2 rings (SSSR count). The predicted molar refractivity (Wildman–Crippen MR) is 82.4 cm³/mol. The SMILES string of the molecule is CC(CNC(=O)C1CCC(CN)CC1)N1CCCCC1. The molecule has 20 heavy (non-hydrogen) atoms. The molecule has 116 valence electrons. The van der Waals surface area contributed by atoms with Gasteiger partial charge in [0, 0.05) is 18.5 Å². The zero-order valence-electron chi connectivity index (χ0n) is 12.9. The van der Waals surface area contributed by atoms with Crippen molar-refractivity contribution in [2.45, 2.75) is 57.9 Å². The third-order valence-electron chi connectivity index (χ3n) is 5.14. The van der Waals surface area contributed by atoms with E-state index in [0.29, 0.717) is 12.0 Å². The number of rotatable bonds is 5. The van der Waals surface area contributed by atoms with Crippen LogP contribution in [0.4, 0.5) is 0 Å². The molecule has 0 aromatic rings. The van der Waals surface area contributed by atoms with Gasteiger partial charge >= 0.3 is 0 Å². The Hall–Kier alpha value is -0.610. The molecule has 4 heteroatoms. The summed E-state index contributed by atoms with van der Waals surface area (Å²) in [6.45, 7) is 6.20. The molecule has 1 aliphatic carbocycles. The van der Waals surface area contributed by atoms with E-state index in [4.69, 9.17) is 5.73 Å². The summed E-state index contributed by atoms with van der Waals surface area (Å²) in [6.07, 6.45) is 8.26. The number of amides is 1. The maximum atomic E-state index is 12.2. The lowest BCUT2D eigenvalue weighted by molar-refractivity contribution is -0.126. The van der Waals surface area contributed by atoms with Crippen molar-refractivity contribution in [3.05, 3.63) is 0 Å². The van der Waals surface area contributed by atoms with Gasteiger partial charge < -0.3 is 11.1 Å². The first-order chi connectivity index (χ1) is 9.70. The van der Waals surface area contributed by atoms with Crippen molar-refractivity contribution >= 4 is 5.91 Å². The van der Waals surface area contributed by atoms with Gasteiger partial charge in [-0.25, -0.2) is 0 Å². The van der Waals surface area contributed by atoms with Gasteiger partial charge in [-0.1, -0.05) is 6.42 Å². The van der Waals surface area contributed by atoms with Gasteiger partial charge in [-0.05, 0) is 71.0 Å². The number of nitrogens with zero attached hydrogens (tertiary/aromatic N) is 1.